The first-order chi connectivity index (χ1) is 8.67. The van der Waals surface area contributed by atoms with E-state index in [1.807, 2.05) is 0 Å². The molecule has 0 spiro atoms. The lowest BCUT2D eigenvalue weighted by Gasteiger charge is -2.14. The van der Waals surface area contributed by atoms with Crippen LogP contribution in [0.15, 0.2) is 12.3 Å². The number of hydrogen-bond acceptors (Lipinski definition) is 4. The Morgan fingerprint density at radius 3 is 2.58 bits per heavy atom. The molecule has 1 fully saturated rings. The van der Waals surface area contributed by atoms with Crippen LogP contribution in [0, 0.1) is 0 Å². The fourth-order valence-corrected chi connectivity index (χ4v) is 3.70. The van der Waals surface area contributed by atoms with Crippen molar-refractivity contribution in [3.05, 3.63) is 22.8 Å². The maximum atomic E-state index is 12.4. The van der Waals surface area contributed by atoms with Gasteiger partial charge in [-0.05, 0) is 12.5 Å². The molecule has 0 aliphatic carbocycles. The van der Waals surface area contributed by atoms with Crippen LogP contribution >= 0.6 is 11.6 Å². The molecule has 0 bridgehead atoms. The second kappa shape index (κ2) is 4.82. The van der Waals surface area contributed by atoms with Gasteiger partial charge in [-0.3, -0.25) is 0 Å². The van der Waals surface area contributed by atoms with Gasteiger partial charge in [0.15, 0.2) is 9.84 Å². The van der Waals surface area contributed by atoms with Crippen molar-refractivity contribution in [2.75, 3.05) is 16.8 Å². The summed E-state index contributed by atoms with van der Waals surface area (Å²) < 4.78 is 59.7. The Kier molecular flexibility index (Phi) is 3.65. The summed E-state index contributed by atoms with van der Waals surface area (Å²) in [4.78, 5) is 3.60. The SMILES string of the molecule is O=S1(=O)CC[C@H](Nc2ncc(C(F)(F)F)cc2Cl)C1. The molecule has 1 aromatic rings. The zero-order valence-electron chi connectivity index (χ0n) is 9.54. The summed E-state index contributed by atoms with van der Waals surface area (Å²) in [7, 11) is -3.07. The molecule has 1 N–H and O–H groups in total. The Bertz CT molecular complexity index is 589. The van der Waals surface area contributed by atoms with Crippen LogP contribution < -0.4 is 5.32 Å². The van der Waals surface area contributed by atoms with Gasteiger partial charge in [-0.1, -0.05) is 11.6 Å². The minimum atomic E-state index is -4.51. The first-order valence-electron chi connectivity index (χ1n) is 5.37. The third-order valence-corrected chi connectivity index (χ3v) is 4.80. The van der Waals surface area contributed by atoms with Crippen molar-refractivity contribution in [2.24, 2.45) is 0 Å². The van der Waals surface area contributed by atoms with Crippen LogP contribution in [0.25, 0.3) is 0 Å². The number of alkyl halides is 3. The molecule has 1 saturated heterocycles. The molecule has 1 atom stereocenters. The minimum absolute atomic E-state index is 0.0585. The third kappa shape index (κ3) is 3.50. The van der Waals surface area contributed by atoms with Crippen LogP contribution in [0.4, 0.5) is 19.0 Å². The molecular formula is C10H10ClF3N2O2S. The monoisotopic (exact) mass is 314 g/mol. The molecule has 0 radical (unpaired) electrons. The van der Waals surface area contributed by atoms with Gasteiger partial charge in [-0.15, -0.1) is 0 Å². The Labute approximate surface area is 112 Å². The maximum absolute atomic E-state index is 12.4. The zero-order chi connectivity index (χ0) is 14.3. The summed E-state index contributed by atoms with van der Waals surface area (Å²) in [6.45, 7) is 0. The van der Waals surface area contributed by atoms with Crippen LogP contribution in [0.5, 0.6) is 0 Å². The molecule has 4 nitrogen and oxygen atoms in total. The lowest BCUT2D eigenvalue weighted by molar-refractivity contribution is -0.137. The van der Waals surface area contributed by atoms with Crippen molar-refractivity contribution in [3.8, 4) is 0 Å². The van der Waals surface area contributed by atoms with E-state index in [-0.39, 0.29) is 28.4 Å². The van der Waals surface area contributed by atoms with Gasteiger partial charge in [0.2, 0.25) is 0 Å². The van der Waals surface area contributed by atoms with Crippen molar-refractivity contribution in [3.63, 3.8) is 0 Å². The highest BCUT2D eigenvalue weighted by Gasteiger charge is 2.32. The van der Waals surface area contributed by atoms with E-state index < -0.39 is 21.6 Å². The molecule has 0 aromatic carbocycles. The maximum Gasteiger partial charge on any atom is 0.417 e. The second-order valence-corrected chi connectivity index (χ2v) is 6.93. The molecular weight excluding hydrogens is 305 g/mol. The number of pyridine rings is 1. The molecule has 1 aromatic heterocycles. The van der Waals surface area contributed by atoms with Crippen molar-refractivity contribution < 1.29 is 21.6 Å². The summed E-state index contributed by atoms with van der Waals surface area (Å²) in [6.07, 6.45) is -3.45. The Balaban J connectivity index is 2.15. The molecule has 2 rings (SSSR count). The average Bonchev–Trinajstić information content (AvgIpc) is 2.59. The minimum Gasteiger partial charge on any atom is -0.365 e. The van der Waals surface area contributed by atoms with Gasteiger partial charge in [0.1, 0.15) is 5.82 Å². The topological polar surface area (TPSA) is 59.1 Å². The molecule has 19 heavy (non-hydrogen) atoms. The smallest absolute Gasteiger partial charge is 0.365 e. The van der Waals surface area contributed by atoms with Gasteiger partial charge < -0.3 is 5.32 Å². The van der Waals surface area contributed by atoms with E-state index >= 15 is 0 Å². The van der Waals surface area contributed by atoms with E-state index in [4.69, 9.17) is 11.6 Å². The summed E-state index contributed by atoms with van der Waals surface area (Å²) in [6, 6.07) is 0.395. The second-order valence-electron chi connectivity index (χ2n) is 4.30. The van der Waals surface area contributed by atoms with Gasteiger partial charge in [-0.25, -0.2) is 13.4 Å². The van der Waals surface area contributed by atoms with Crippen LogP contribution in [-0.2, 0) is 16.0 Å². The Morgan fingerprint density at radius 2 is 2.11 bits per heavy atom. The quantitative estimate of drug-likeness (QED) is 0.910. The number of halogens is 4. The van der Waals surface area contributed by atoms with Crippen molar-refractivity contribution in [1.29, 1.82) is 0 Å². The van der Waals surface area contributed by atoms with Crippen molar-refractivity contribution in [2.45, 2.75) is 18.6 Å². The molecule has 2 heterocycles. The molecule has 1 aliphatic heterocycles. The average molecular weight is 315 g/mol. The zero-order valence-corrected chi connectivity index (χ0v) is 11.1. The Hall–Kier alpha value is -1.02. The summed E-state index contributed by atoms with van der Waals surface area (Å²) in [5, 5.41) is 2.57. The molecule has 0 saturated carbocycles. The van der Waals surface area contributed by atoms with Crippen molar-refractivity contribution in [1.82, 2.24) is 4.98 Å². The predicted molar refractivity (Wildman–Crippen MR) is 64.9 cm³/mol. The first-order valence-corrected chi connectivity index (χ1v) is 7.57. The van der Waals surface area contributed by atoms with Gasteiger partial charge >= 0.3 is 6.18 Å². The standard InChI is InChI=1S/C10H10ClF3N2O2S/c11-8-3-6(10(12,13)14)4-15-9(8)16-7-1-2-19(17,18)5-7/h3-4,7H,1-2,5H2,(H,15,16)/t7-/m0/s1. The number of sulfone groups is 1. The van der Waals surface area contributed by atoms with E-state index in [0.717, 1.165) is 6.07 Å². The van der Waals surface area contributed by atoms with Crippen LogP contribution in [-0.4, -0.2) is 30.9 Å². The number of nitrogens with zero attached hydrogens (tertiary/aromatic N) is 1. The third-order valence-electron chi connectivity index (χ3n) is 2.74. The van der Waals surface area contributed by atoms with Gasteiger partial charge in [0, 0.05) is 12.2 Å². The largest absolute Gasteiger partial charge is 0.417 e. The summed E-state index contributed by atoms with van der Waals surface area (Å²) in [5.74, 6) is 0.0614. The lowest BCUT2D eigenvalue weighted by atomic mass is 10.2. The number of nitrogens with one attached hydrogen (secondary N) is 1. The summed E-state index contributed by atoms with van der Waals surface area (Å²) in [5.41, 5.74) is -0.943. The number of anilines is 1. The van der Waals surface area contributed by atoms with Crippen LogP contribution in [0.1, 0.15) is 12.0 Å². The fraction of sp³-hybridized carbons (Fsp3) is 0.500. The van der Waals surface area contributed by atoms with Crippen molar-refractivity contribution >= 4 is 27.3 Å². The highest BCUT2D eigenvalue weighted by Crippen LogP contribution is 2.32. The van der Waals surface area contributed by atoms with E-state index in [2.05, 4.69) is 10.3 Å². The van der Waals surface area contributed by atoms with Gasteiger partial charge in [0.05, 0.1) is 22.1 Å². The van der Waals surface area contributed by atoms with Crippen LogP contribution in [0.3, 0.4) is 0 Å². The highest BCUT2D eigenvalue weighted by molar-refractivity contribution is 7.91. The molecule has 106 valence electrons. The Morgan fingerprint density at radius 1 is 1.42 bits per heavy atom. The normalized spacial score (nSPS) is 22.4. The number of hydrogen-bond donors (Lipinski definition) is 1. The van der Waals surface area contributed by atoms with E-state index in [1.165, 1.54) is 0 Å². The molecule has 1 aliphatic rings. The van der Waals surface area contributed by atoms with Gasteiger partial charge in [-0.2, -0.15) is 13.2 Å². The van der Waals surface area contributed by atoms with Crippen LogP contribution in [0.2, 0.25) is 5.02 Å². The molecule has 0 unspecified atom stereocenters. The number of rotatable bonds is 2. The number of aromatic nitrogens is 1. The lowest BCUT2D eigenvalue weighted by Crippen LogP contribution is -2.21. The van der Waals surface area contributed by atoms with E-state index in [0.29, 0.717) is 12.6 Å². The fourth-order valence-electron chi connectivity index (χ4n) is 1.80. The van der Waals surface area contributed by atoms with Gasteiger partial charge in [0.25, 0.3) is 0 Å². The van der Waals surface area contributed by atoms with E-state index in [9.17, 15) is 21.6 Å². The predicted octanol–water partition coefficient (Wildman–Crippen LogP) is 2.35. The highest BCUT2D eigenvalue weighted by atomic mass is 35.5. The molecule has 0 amide bonds. The molecule has 9 heteroatoms. The first kappa shape index (κ1) is 14.4. The van der Waals surface area contributed by atoms with E-state index in [1.54, 1.807) is 0 Å². The summed E-state index contributed by atoms with van der Waals surface area (Å²) >= 11 is 5.71.